The van der Waals surface area contributed by atoms with Gasteiger partial charge in [-0.2, -0.15) is 5.26 Å². The molecule has 2 aliphatic rings. The quantitative estimate of drug-likeness (QED) is 0.380. The van der Waals surface area contributed by atoms with E-state index in [1.807, 2.05) is 0 Å². The fourth-order valence-electron chi connectivity index (χ4n) is 5.72. The number of nitriles is 1. The number of hydrogen-bond acceptors (Lipinski definition) is 6. The molecule has 4 aromatic rings. The minimum atomic E-state index is -0.235. The van der Waals surface area contributed by atoms with Gasteiger partial charge in [0.1, 0.15) is 17.9 Å². The van der Waals surface area contributed by atoms with E-state index in [1.165, 1.54) is 28.0 Å². The molecular weight excluding hydrogens is 462 g/mol. The van der Waals surface area contributed by atoms with E-state index < -0.39 is 0 Å². The largest absolute Gasteiger partial charge is 0.492 e. The van der Waals surface area contributed by atoms with Gasteiger partial charge < -0.3 is 14.5 Å². The third-order valence-electron chi connectivity index (χ3n) is 7.43. The number of aromatic nitrogens is 2. The van der Waals surface area contributed by atoms with Crippen LogP contribution in [-0.2, 0) is 11.2 Å². The highest BCUT2D eigenvalue weighted by molar-refractivity contribution is 6.04. The van der Waals surface area contributed by atoms with Crippen LogP contribution < -0.4 is 9.64 Å². The van der Waals surface area contributed by atoms with Crippen molar-refractivity contribution >= 4 is 33.4 Å². The van der Waals surface area contributed by atoms with Crippen LogP contribution in [0.25, 0.3) is 32.8 Å². The molecule has 0 spiro atoms. The molecule has 0 N–H and O–H groups in total. The van der Waals surface area contributed by atoms with Gasteiger partial charge in [0.05, 0.1) is 36.0 Å². The van der Waals surface area contributed by atoms with E-state index in [0.29, 0.717) is 26.2 Å². The number of anilines is 1. The second-order valence-corrected chi connectivity index (χ2v) is 9.50. The van der Waals surface area contributed by atoms with Gasteiger partial charge in [0.15, 0.2) is 0 Å². The summed E-state index contributed by atoms with van der Waals surface area (Å²) in [6, 6.07) is 19.0. The smallest absolute Gasteiger partial charge is 0.246 e. The zero-order valence-corrected chi connectivity index (χ0v) is 20.6. The van der Waals surface area contributed by atoms with Gasteiger partial charge in [-0.05, 0) is 46.9 Å². The lowest BCUT2D eigenvalue weighted by Crippen LogP contribution is -2.55. The number of carbonyl (C=O) groups excluding carboxylic acids is 1. The first-order valence-electron chi connectivity index (χ1n) is 12.7. The second-order valence-electron chi connectivity index (χ2n) is 9.50. The van der Waals surface area contributed by atoms with Crippen LogP contribution in [-0.4, -0.2) is 53.1 Å². The van der Waals surface area contributed by atoms with Crippen LogP contribution in [0.3, 0.4) is 0 Å². The van der Waals surface area contributed by atoms with Gasteiger partial charge in [-0.25, -0.2) is 9.97 Å². The van der Waals surface area contributed by atoms with Crippen molar-refractivity contribution in [2.24, 2.45) is 0 Å². The Hall–Kier alpha value is -4.44. The van der Waals surface area contributed by atoms with Crippen LogP contribution >= 0.6 is 0 Å². The van der Waals surface area contributed by atoms with Gasteiger partial charge in [-0.1, -0.05) is 49.0 Å². The summed E-state index contributed by atoms with van der Waals surface area (Å²) in [6.07, 6.45) is 5.03. The van der Waals surface area contributed by atoms with Crippen molar-refractivity contribution in [3.63, 3.8) is 0 Å². The van der Waals surface area contributed by atoms with Crippen LogP contribution in [0, 0.1) is 11.3 Å². The summed E-state index contributed by atoms with van der Waals surface area (Å²) in [4.78, 5) is 25.7. The fraction of sp³-hybridized carbons (Fsp3) is 0.267. The molecule has 3 heterocycles. The van der Waals surface area contributed by atoms with Crippen molar-refractivity contribution in [2.75, 3.05) is 31.1 Å². The molecule has 3 aromatic carbocycles. The molecule has 1 fully saturated rings. The average molecular weight is 490 g/mol. The van der Waals surface area contributed by atoms with Crippen LogP contribution in [0.2, 0.25) is 0 Å². The van der Waals surface area contributed by atoms with Crippen molar-refractivity contribution in [2.45, 2.75) is 25.3 Å². The number of nitrogens with zero attached hydrogens (tertiary/aromatic N) is 5. The summed E-state index contributed by atoms with van der Waals surface area (Å²) >= 11 is 0. The number of benzene rings is 3. The predicted molar refractivity (Wildman–Crippen MR) is 144 cm³/mol. The van der Waals surface area contributed by atoms with Crippen molar-refractivity contribution in [3.05, 3.63) is 73.1 Å². The molecule has 7 nitrogen and oxygen atoms in total. The zero-order valence-electron chi connectivity index (χ0n) is 20.6. The van der Waals surface area contributed by atoms with Crippen LogP contribution in [0.4, 0.5) is 5.82 Å². The number of amides is 1. The van der Waals surface area contributed by atoms with Crippen molar-refractivity contribution < 1.29 is 9.53 Å². The summed E-state index contributed by atoms with van der Waals surface area (Å²) < 4.78 is 6.36. The molecule has 0 bridgehead atoms. The second kappa shape index (κ2) is 9.55. The number of carbonyl (C=O) groups is 1. The fourth-order valence-corrected chi connectivity index (χ4v) is 5.72. The highest BCUT2D eigenvalue weighted by atomic mass is 16.5. The lowest BCUT2D eigenvalue weighted by Gasteiger charge is -2.41. The van der Waals surface area contributed by atoms with E-state index in [4.69, 9.17) is 9.72 Å². The van der Waals surface area contributed by atoms with Gasteiger partial charge in [-0.3, -0.25) is 4.79 Å². The summed E-state index contributed by atoms with van der Waals surface area (Å²) in [5.41, 5.74) is 4.33. The van der Waals surface area contributed by atoms with E-state index in [2.05, 4.69) is 71.1 Å². The highest BCUT2D eigenvalue weighted by Crippen LogP contribution is 2.44. The molecule has 7 heteroatoms. The molecule has 0 saturated carbocycles. The third-order valence-corrected chi connectivity index (χ3v) is 7.43. The zero-order chi connectivity index (χ0) is 25.4. The maximum absolute atomic E-state index is 12.4. The van der Waals surface area contributed by atoms with Gasteiger partial charge >= 0.3 is 0 Å². The first-order chi connectivity index (χ1) is 18.2. The molecule has 1 amide bonds. The molecule has 0 unspecified atom stereocenters. The monoisotopic (exact) mass is 489 g/mol. The molecule has 1 atom stereocenters. The minimum Gasteiger partial charge on any atom is -0.492 e. The first kappa shape index (κ1) is 23.0. The van der Waals surface area contributed by atoms with E-state index >= 15 is 0 Å². The Morgan fingerprint density at radius 3 is 2.89 bits per heavy atom. The number of fused-ring (bicyclic) bond motifs is 4. The topological polar surface area (TPSA) is 82.3 Å². The summed E-state index contributed by atoms with van der Waals surface area (Å²) in [5, 5.41) is 12.7. The molecule has 1 aromatic heterocycles. The molecule has 37 heavy (non-hydrogen) atoms. The summed E-state index contributed by atoms with van der Waals surface area (Å²) in [7, 11) is 0. The van der Waals surface area contributed by atoms with Gasteiger partial charge in [0, 0.05) is 25.2 Å². The lowest BCUT2D eigenvalue weighted by molar-refractivity contribution is -0.128. The Balaban J connectivity index is 1.50. The predicted octanol–water partition coefficient (Wildman–Crippen LogP) is 4.89. The molecule has 184 valence electrons. The molecule has 0 radical (unpaired) electrons. The molecule has 2 aliphatic heterocycles. The van der Waals surface area contributed by atoms with Crippen LogP contribution in [0.1, 0.15) is 18.4 Å². The number of ether oxygens (including phenoxy) is 1. The van der Waals surface area contributed by atoms with Crippen LogP contribution in [0.5, 0.6) is 5.75 Å². The SMILES string of the molecule is C=CC(=O)N1CCN(c2ncnc3cc(-c4cccc5ccccc45)c4c(c23)OCCC4)C[C@@H]1CC#N. The van der Waals surface area contributed by atoms with Gasteiger partial charge in [0.25, 0.3) is 0 Å². The van der Waals surface area contributed by atoms with Crippen LogP contribution in [0.15, 0.2) is 67.5 Å². The Morgan fingerprint density at radius 1 is 1.16 bits per heavy atom. The molecule has 1 saturated heterocycles. The standard InChI is InChI=1S/C30H27N5O2/c1-2-27(36)35-15-14-34(18-21(35)12-13-31)30-28-26(32-19-33-30)17-25(24-11-6-16-37-29(24)28)23-10-5-8-20-7-3-4-9-22(20)23/h2-5,7-10,17,19,21H,1,6,11-12,14-16,18H2/t21-/m0/s1. The van der Waals surface area contributed by atoms with Crippen molar-refractivity contribution in [1.29, 1.82) is 5.26 Å². The Labute approximate surface area is 215 Å². The Bertz CT molecular complexity index is 1570. The summed E-state index contributed by atoms with van der Waals surface area (Å²) in [5.74, 6) is 1.50. The number of piperazine rings is 1. The van der Waals surface area contributed by atoms with E-state index in [-0.39, 0.29) is 18.4 Å². The molecule has 6 rings (SSSR count). The Morgan fingerprint density at radius 2 is 2.03 bits per heavy atom. The maximum Gasteiger partial charge on any atom is 0.246 e. The highest BCUT2D eigenvalue weighted by Gasteiger charge is 2.32. The van der Waals surface area contributed by atoms with Gasteiger partial charge in [0.2, 0.25) is 5.91 Å². The minimum absolute atomic E-state index is 0.145. The normalized spacial score (nSPS) is 17.2. The first-order valence-corrected chi connectivity index (χ1v) is 12.7. The number of hydrogen-bond donors (Lipinski definition) is 0. The average Bonchev–Trinajstić information content (AvgIpc) is 2.96. The van der Waals surface area contributed by atoms with Crippen molar-refractivity contribution in [1.82, 2.24) is 14.9 Å². The van der Waals surface area contributed by atoms with E-state index in [0.717, 1.165) is 40.9 Å². The van der Waals surface area contributed by atoms with Crippen molar-refractivity contribution in [3.8, 4) is 22.9 Å². The van der Waals surface area contributed by atoms with E-state index in [1.54, 1.807) is 11.2 Å². The third kappa shape index (κ3) is 3.95. The molecule has 0 aliphatic carbocycles. The Kier molecular flexibility index (Phi) is 5.93. The lowest BCUT2D eigenvalue weighted by atomic mass is 9.89. The molecular formula is C30H27N5O2. The van der Waals surface area contributed by atoms with E-state index in [9.17, 15) is 10.1 Å². The maximum atomic E-state index is 12.4. The summed E-state index contributed by atoms with van der Waals surface area (Å²) in [6.45, 7) is 5.89. The number of rotatable bonds is 4. The van der Waals surface area contributed by atoms with Gasteiger partial charge in [-0.15, -0.1) is 0 Å².